The summed E-state index contributed by atoms with van der Waals surface area (Å²) in [6.45, 7) is 6.02. The topological polar surface area (TPSA) is 40.5 Å². The van der Waals surface area contributed by atoms with Crippen molar-refractivity contribution >= 4 is 16.7 Å². The largest absolute Gasteiger partial charge is 0.357 e. The van der Waals surface area contributed by atoms with E-state index in [9.17, 15) is 0 Å². The second-order valence-electron chi connectivity index (χ2n) is 7.36. The van der Waals surface area contributed by atoms with Gasteiger partial charge in [-0.25, -0.2) is 4.99 Å². The molecule has 0 bridgehead atoms. The summed E-state index contributed by atoms with van der Waals surface area (Å²) in [6.07, 6.45) is 7.49. The van der Waals surface area contributed by atoms with E-state index in [1.54, 1.807) is 0 Å². The number of aromatic nitrogens is 1. The van der Waals surface area contributed by atoms with E-state index in [4.69, 9.17) is 4.99 Å². The lowest BCUT2D eigenvalue weighted by atomic mass is 9.82. The number of pyridine rings is 1. The molecule has 0 spiro atoms. The van der Waals surface area contributed by atoms with E-state index in [1.807, 2.05) is 6.20 Å². The van der Waals surface area contributed by atoms with Gasteiger partial charge in [-0.15, -0.1) is 0 Å². The van der Waals surface area contributed by atoms with Crippen LogP contribution in [-0.4, -0.2) is 35.5 Å². The average molecular weight is 336 g/mol. The minimum Gasteiger partial charge on any atom is -0.357 e. The molecule has 1 aliphatic carbocycles. The summed E-state index contributed by atoms with van der Waals surface area (Å²) in [4.78, 5) is 12.0. The molecule has 25 heavy (non-hydrogen) atoms. The maximum atomic E-state index is 4.94. The van der Waals surface area contributed by atoms with Crippen molar-refractivity contribution in [2.24, 2.45) is 16.8 Å². The summed E-state index contributed by atoms with van der Waals surface area (Å²) < 4.78 is 0. The molecule has 1 N–H and O–H groups in total. The summed E-state index contributed by atoms with van der Waals surface area (Å²) in [7, 11) is 0. The third-order valence-electron chi connectivity index (χ3n) is 5.75. The van der Waals surface area contributed by atoms with Gasteiger partial charge in [-0.05, 0) is 43.1 Å². The van der Waals surface area contributed by atoms with Crippen molar-refractivity contribution in [3.8, 4) is 0 Å². The molecule has 2 fully saturated rings. The van der Waals surface area contributed by atoms with Crippen LogP contribution in [0.25, 0.3) is 10.8 Å². The van der Waals surface area contributed by atoms with Gasteiger partial charge in [0.1, 0.15) is 0 Å². The lowest BCUT2D eigenvalue weighted by Gasteiger charge is -2.22. The van der Waals surface area contributed by atoms with Crippen molar-refractivity contribution in [1.29, 1.82) is 0 Å². The van der Waals surface area contributed by atoms with Gasteiger partial charge in [-0.3, -0.25) is 4.98 Å². The van der Waals surface area contributed by atoms with Gasteiger partial charge in [0.25, 0.3) is 0 Å². The van der Waals surface area contributed by atoms with Crippen molar-refractivity contribution in [1.82, 2.24) is 15.2 Å². The molecule has 1 saturated carbocycles. The molecule has 0 radical (unpaired) electrons. The van der Waals surface area contributed by atoms with Gasteiger partial charge in [0, 0.05) is 31.2 Å². The Morgan fingerprint density at radius 2 is 1.92 bits per heavy atom. The van der Waals surface area contributed by atoms with Crippen LogP contribution in [0.15, 0.2) is 41.5 Å². The van der Waals surface area contributed by atoms with Crippen LogP contribution in [0.5, 0.6) is 0 Å². The molecule has 2 unspecified atom stereocenters. The number of nitrogens with zero attached hydrogens (tertiary/aromatic N) is 3. The fraction of sp³-hybridized carbons (Fsp3) is 0.524. The number of likely N-dealkylation sites (tertiary alicyclic amines) is 1. The van der Waals surface area contributed by atoms with E-state index in [2.05, 4.69) is 52.5 Å². The standard InChI is InChI=1S/C21H28N4/c1-2-22-21(25-14-17-8-3-4-9-18(17)15-25)24-13-20-19-10-6-5-7-16(19)11-12-23-20/h5-7,10-12,17-18H,2-4,8-9,13-15H2,1H3,(H,22,24). The summed E-state index contributed by atoms with van der Waals surface area (Å²) >= 11 is 0. The number of hydrogen-bond acceptors (Lipinski definition) is 2. The van der Waals surface area contributed by atoms with Crippen molar-refractivity contribution in [3.63, 3.8) is 0 Å². The second kappa shape index (κ2) is 7.42. The number of aliphatic imine (C=N–C) groups is 1. The molecule has 2 heterocycles. The van der Waals surface area contributed by atoms with Crippen LogP contribution >= 0.6 is 0 Å². The van der Waals surface area contributed by atoms with Gasteiger partial charge < -0.3 is 10.2 Å². The molecule has 1 aliphatic heterocycles. The van der Waals surface area contributed by atoms with Gasteiger partial charge in [-0.2, -0.15) is 0 Å². The molecule has 2 atom stereocenters. The highest BCUT2D eigenvalue weighted by molar-refractivity contribution is 5.85. The Labute approximate surface area is 150 Å². The van der Waals surface area contributed by atoms with Crippen LogP contribution in [0.3, 0.4) is 0 Å². The van der Waals surface area contributed by atoms with Crippen molar-refractivity contribution < 1.29 is 0 Å². The van der Waals surface area contributed by atoms with E-state index in [1.165, 1.54) is 49.5 Å². The van der Waals surface area contributed by atoms with Crippen molar-refractivity contribution in [2.45, 2.75) is 39.2 Å². The number of benzene rings is 1. The maximum absolute atomic E-state index is 4.94. The molecule has 2 aromatic rings. The molecule has 4 heteroatoms. The normalized spacial score (nSPS) is 23.7. The van der Waals surface area contributed by atoms with Gasteiger partial charge >= 0.3 is 0 Å². The Balaban J connectivity index is 1.54. The number of rotatable bonds is 3. The zero-order valence-electron chi connectivity index (χ0n) is 15.1. The first kappa shape index (κ1) is 16.4. The zero-order chi connectivity index (χ0) is 17.1. The molecule has 4 rings (SSSR count). The molecule has 4 nitrogen and oxygen atoms in total. The fourth-order valence-corrected chi connectivity index (χ4v) is 4.46. The summed E-state index contributed by atoms with van der Waals surface area (Å²) in [5.74, 6) is 2.80. The van der Waals surface area contributed by atoms with Crippen molar-refractivity contribution in [3.05, 3.63) is 42.2 Å². The second-order valence-corrected chi connectivity index (χ2v) is 7.36. The third-order valence-corrected chi connectivity index (χ3v) is 5.75. The highest BCUT2D eigenvalue weighted by Gasteiger charge is 2.35. The van der Waals surface area contributed by atoms with Crippen LogP contribution < -0.4 is 5.32 Å². The molecule has 0 amide bonds. The molecule has 132 valence electrons. The molecule has 1 aromatic heterocycles. The van der Waals surface area contributed by atoms with Gasteiger partial charge in [0.05, 0.1) is 12.2 Å². The third kappa shape index (κ3) is 3.48. The van der Waals surface area contributed by atoms with Crippen LogP contribution in [0, 0.1) is 11.8 Å². The zero-order valence-corrected chi connectivity index (χ0v) is 15.1. The SMILES string of the molecule is CCNC(=NCc1nccc2ccccc12)N1CC2CCCCC2C1. The Morgan fingerprint density at radius 1 is 1.16 bits per heavy atom. The van der Waals surface area contributed by atoms with E-state index in [-0.39, 0.29) is 0 Å². The fourth-order valence-electron chi connectivity index (χ4n) is 4.46. The summed E-state index contributed by atoms with van der Waals surface area (Å²) in [5.41, 5.74) is 1.06. The predicted molar refractivity (Wildman–Crippen MR) is 104 cm³/mol. The lowest BCUT2D eigenvalue weighted by molar-refractivity contribution is 0.299. The quantitative estimate of drug-likeness (QED) is 0.684. The van der Waals surface area contributed by atoms with Gasteiger partial charge in [0.15, 0.2) is 5.96 Å². The van der Waals surface area contributed by atoms with E-state index in [0.717, 1.165) is 30.0 Å². The first-order valence-electron chi connectivity index (χ1n) is 9.71. The monoisotopic (exact) mass is 336 g/mol. The Morgan fingerprint density at radius 3 is 2.68 bits per heavy atom. The van der Waals surface area contributed by atoms with Crippen LogP contribution in [0.2, 0.25) is 0 Å². The van der Waals surface area contributed by atoms with Crippen LogP contribution in [-0.2, 0) is 6.54 Å². The number of nitrogens with one attached hydrogen (secondary N) is 1. The molecular formula is C21H28N4. The maximum Gasteiger partial charge on any atom is 0.194 e. The number of guanidine groups is 1. The molecular weight excluding hydrogens is 308 g/mol. The van der Waals surface area contributed by atoms with Crippen LogP contribution in [0.1, 0.15) is 38.3 Å². The van der Waals surface area contributed by atoms with E-state index in [0.29, 0.717) is 6.54 Å². The number of hydrogen-bond donors (Lipinski definition) is 1. The van der Waals surface area contributed by atoms with E-state index >= 15 is 0 Å². The Bertz CT molecular complexity index is 735. The lowest BCUT2D eigenvalue weighted by Crippen LogP contribution is -2.40. The molecule has 2 aliphatic rings. The summed E-state index contributed by atoms with van der Waals surface area (Å²) in [6, 6.07) is 10.5. The summed E-state index contributed by atoms with van der Waals surface area (Å²) in [5, 5.41) is 5.94. The Hall–Kier alpha value is -2.10. The minimum absolute atomic E-state index is 0.634. The minimum atomic E-state index is 0.634. The smallest absolute Gasteiger partial charge is 0.194 e. The number of fused-ring (bicyclic) bond motifs is 2. The van der Waals surface area contributed by atoms with Crippen LogP contribution in [0.4, 0.5) is 0 Å². The van der Waals surface area contributed by atoms with Gasteiger partial charge in [0.2, 0.25) is 0 Å². The first-order valence-corrected chi connectivity index (χ1v) is 9.71. The van der Waals surface area contributed by atoms with E-state index < -0.39 is 0 Å². The average Bonchev–Trinajstić information content (AvgIpc) is 3.09. The molecule has 1 aromatic carbocycles. The van der Waals surface area contributed by atoms with Gasteiger partial charge in [-0.1, -0.05) is 37.1 Å². The Kier molecular flexibility index (Phi) is 4.86. The highest BCUT2D eigenvalue weighted by Crippen LogP contribution is 2.36. The van der Waals surface area contributed by atoms with Crippen molar-refractivity contribution in [2.75, 3.05) is 19.6 Å². The molecule has 1 saturated heterocycles. The highest BCUT2D eigenvalue weighted by atomic mass is 15.3. The first-order chi connectivity index (χ1) is 12.3. The predicted octanol–water partition coefficient (Wildman–Crippen LogP) is 3.82.